The van der Waals surface area contributed by atoms with Gasteiger partial charge in [0.25, 0.3) is 0 Å². The molecular formula is C18H27ClN2O2Si. The number of nitrogens with zero attached hydrogens (tertiary/aromatic N) is 1. The summed E-state index contributed by atoms with van der Waals surface area (Å²) in [6, 6.07) is 9.14. The molecule has 0 aromatic heterocycles. The predicted octanol–water partition coefficient (Wildman–Crippen LogP) is 4.25. The first-order chi connectivity index (χ1) is 10.9. The van der Waals surface area contributed by atoms with Crippen LogP contribution in [0.4, 0.5) is 4.79 Å². The van der Waals surface area contributed by atoms with Crippen LogP contribution in [0.5, 0.6) is 0 Å². The highest BCUT2D eigenvalue weighted by atomic mass is 35.5. The molecule has 0 atom stereocenters. The summed E-state index contributed by atoms with van der Waals surface area (Å²) in [5, 5.41) is 0. The Kier molecular flexibility index (Phi) is 7.73. The van der Waals surface area contributed by atoms with Crippen LogP contribution in [0.15, 0.2) is 42.6 Å². The van der Waals surface area contributed by atoms with E-state index in [-0.39, 0.29) is 18.5 Å². The maximum atomic E-state index is 12.0. The third kappa shape index (κ3) is 6.15. The first-order valence-corrected chi connectivity index (χ1v) is 11.7. The second-order valence-corrected chi connectivity index (χ2v) is 12.6. The van der Waals surface area contributed by atoms with Gasteiger partial charge < -0.3 is 10.5 Å². The summed E-state index contributed by atoms with van der Waals surface area (Å²) >= 11 is 0. The molecule has 2 rings (SSSR count). The number of allylic oxidation sites excluding steroid dienone is 2. The molecule has 0 saturated carbocycles. The summed E-state index contributed by atoms with van der Waals surface area (Å²) < 4.78 is 5.36. The van der Waals surface area contributed by atoms with Crippen molar-refractivity contribution in [1.29, 1.82) is 0 Å². The molecule has 2 N–H and O–H groups in total. The van der Waals surface area contributed by atoms with Gasteiger partial charge in [0.15, 0.2) is 0 Å². The Morgan fingerprint density at radius 1 is 1.33 bits per heavy atom. The zero-order valence-electron chi connectivity index (χ0n) is 14.6. The summed E-state index contributed by atoms with van der Waals surface area (Å²) in [4.78, 5) is 13.6. The summed E-state index contributed by atoms with van der Waals surface area (Å²) in [7, 11) is -1.17. The largest absolute Gasteiger partial charge is 0.449 e. The molecule has 6 heteroatoms. The van der Waals surface area contributed by atoms with Gasteiger partial charge in [0.05, 0.1) is 6.61 Å². The van der Waals surface area contributed by atoms with Gasteiger partial charge in [-0.3, -0.25) is 4.90 Å². The van der Waals surface area contributed by atoms with Crippen molar-refractivity contribution in [3.05, 3.63) is 53.7 Å². The molecule has 1 aliphatic rings. The van der Waals surface area contributed by atoms with E-state index in [4.69, 9.17) is 10.5 Å². The summed E-state index contributed by atoms with van der Waals surface area (Å²) in [6.07, 6.45) is 5.50. The second-order valence-electron chi connectivity index (χ2n) is 6.96. The average molecular weight is 367 g/mol. The third-order valence-corrected chi connectivity index (χ3v) is 5.45. The SMILES string of the molecule is C[Si](C)(C)CCOC(=O)N1C=CC(c2cccc(CN)c2)=CC1.Cl. The highest BCUT2D eigenvalue weighted by molar-refractivity contribution is 6.76. The van der Waals surface area contributed by atoms with Crippen molar-refractivity contribution in [2.45, 2.75) is 32.2 Å². The minimum Gasteiger partial charge on any atom is -0.449 e. The Morgan fingerprint density at radius 3 is 2.67 bits per heavy atom. The molecular weight excluding hydrogens is 340 g/mol. The smallest absolute Gasteiger partial charge is 0.414 e. The average Bonchev–Trinajstić information content (AvgIpc) is 2.54. The van der Waals surface area contributed by atoms with Crippen molar-refractivity contribution >= 4 is 32.1 Å². The number of benzene rings is 1. The molecule has 4 nitrogen and oxygen atoms in total. The molecule has 0 unspecified atom stereocenters. The number of carbonyl (C=O) groups excluding carboxylic acids is 1. The predicted molar refractivity (Wildman–Crippen MR) is 105 cm³/mol. The number of rotatable bonds is 5. The van der Waals surface area contributed by atoms with Crippen molar-refractivity contribution in [1.82, 2.24) is 4.90 Å². The number of hydrogen-bond acceptors (Lipinski definition) is 3. The maximum absolute atomic E-state index is 12.0. The van der Waals surface area contributed by atoms with Gasteiger partial charge in [-0.05, 0) is 34.9 Å². The highest BCUT2D eigenvalue weighted by Crippen LogP contribution is 2.21. The lowest BCUT2D eigenvalue weighted by Crippen LogP contribution is -2.30. The van der Waals surface area contributed by atoms with E-state index in [1.54, 1.807) is 11.1 Å². The molecule has 132 valence electrons. The van der Waals surface area contributed by atoms with Crippen molar-refractivity contribution < 1.29 is 9.53 Å². The maximum Gasteiger partial charge on any atom is 0.414 e. The zero-order valence-corrected chi connectivity index (χ0v) is 16.4. The number of hydrogen-bond donors (Lipinski definition) is 1. The van der Waals surface area contributed by atoms with E-state index in [2.05, 4.69) is 31.8 Å². The van der Waals surface area contributed by atoms with Gasteiger partial charge in [0.2, 0.25) is 0 Å². The van der Waals surface area contributed by atoms with Gasteiger partial charge in [-0.1, -0.05) is 43.9 Å². The van der Waals surface area contributed by atoms with E-state index in [0.717, 1.165) is 22.7 Å². The normalized spacial score (nSPS) is 14.0. The van der Waals surface area contributed by atoms with E-state index in [1.165, 1.54) is 0 Å². The number of halogens is 1. The molecule has 1 amide bonds. The van der Waals surface area contributed by atoms with Crippen LogP contribution in [0.2, 0.25) is 25.7 Å². The van der Waals surface area contributed by atoms with Crippen molar-refractivity contribution in [2.24, 2.45) is 5.73 Å². The van der Waals surface area contributed by atoms with E-state index in [0.29, 0.717) is 19.7 Å². The minimum atomic E-state index is -1.17. The lowest BCUT2D eigenvalue weighted by molar-refractivity contribution is 0.125. The van der Waals surface area contributed by atoms with Crippen molar-refractivity contribution in [2.75, 3.05) is 13.2 Å². The van der Waals surface area contributed by atoms with Gasteiger partial charge in [-0.15, -0.1) is 12.4 Å². The number of amides is 1. The molecule has 0 radical (unpaired) electrons. The molecule has 1 aromatic carbocycles. The molecule has 24 heavy (non-hydrogen) atoms. The van der Waals surface area contributed by atoms with Crippen LogP contribution in [0.25, 0.3) is 5.57 Å². The fourth-order valence-electron chi connectivity index (χ4n) is 2.25. The fourth-order valence-corrected chi connectivity index (χ4v) is 2.97. The Bertz CT molecular complexity index is 624. The topological polar surface area (TPSA) is 55.6 Å². The molecule has 0 fully saturated rings. The van der Waals surface area contributed by atoms with Crippen LogP contribution in [-0.2, 0) is 11.3 Å². The summed E-state index contributed by atoms with van der Waals surface area (Å²) in [5.41, 5.74) is 9.01. The Hall–Kier alpha value is -1.56. The van der Waals surface area contributed by atoms with E-state index in [1.807, 2.05) is 24.3 Å². The number of carbonyl (C=O) groups is 1. The van der Waals surface area contributed by atoms with Crippen LogP contribution < -0.4 is 5.73 Å². The Morgan fingerprint density at radius 2 is 2.08 bits per heavy atom. The summed E-state index contributed by atoms with van der Waals surface area (Å²) in [6.45, 7) is 8.38. The van der Waals surface area contributed by atoms with Gasteiger partial charge in [0.1, 0.15) is 0 Å². The van der Waals surface area contributed by atoms with Crippen LogP contribution in [0.3, 0.4) is 0 Å². The van der Waals surface area contributed by atoms with Crippen molar-refractivity contribution in [3.63, 3.8) is 0 Å². The monoisotopic (exact) mass is 366 g/mol. The van der Waals surface area contributed by atoms with Crippen LogP contribution in [0.1, 0.15) is 11.1 Å². The van der Waals surface area contributed by atoms with Crippen molar-refractivity contribution in [3.8, 4) is 0 Å². The third-order valence-electron chi connectivity index (χ3n) is 3.75. The van der Waals surface area contributed by atoms with Crippen LogP contribution in [-0.4, -0.2) is 32.2 Å². The highest BCUT2D eigenvalue weighted by Gasteiger charge is 2.17. The number of nitrogens with two attached hydrogens (primary N) is 1. The summed E-state index contributed by atoms with van der Waals surface area (Å²) in [5.74, 6) is 0. The molecule has 0 bridgehead atoms. The van der Waals surface area contributed by atoms with Gasteiger partial charge in [-0.25, -0.2) is 4.79 Å². The quantitative estimate of drug-likeness (QED) is 0.792. The van der Waals surface area contributed by atoms with Gasteiger partial charge in [0, 0.05) is 27.4 Å². The van der Waals surface area contributed by atoms with Crippen LogP contribution in [0, 0.1) is 0 Å². The first kappa shape index (κ1) is 20.5. The Balaban J connectivity index is 0.00000288. The van der Waals surface area contributed by atoms with E-state index < -0.39 is 8.07 Å². The fraction of sp³-hybridized carbons (Fsp3) is 0.389. The van der Waals surface area contributed by atoms with Crippen LogP contribution >= 0.6 is 12.4 Å². The molecule has 0 aliphatic carbocycles. The zero-order chi connectivity index (χ0) is 16.9. The molecule has 1 aliphatic heterocycles. The molecule has 1 aromatic rings. The minimum absolute atomic E-state index is 0. The molecule has 1 heterocycles. The number of ether oxygens (including phenoxy) is 1. The van der Waals surface area contributed by atoms with Gasteiger partial charge >= 0.3 is 6.09 Å². The van der Waals surface area contributed by atoms with E-state index >= 15 is 0 Å². The van der Waals surface area contributed by atoms with E-state index in [9.17, 15) is 4.79 Å². The first-order valence-electron chi connectivity index (χ1n) is 8.00. The molecule has 0 spiro atoms. The lowest BCUT2D eigenvalue weighted by Gasteiger charge is -2.22. The Labute approximate surface area is 151 Å². The van der Waals surface area contributed by atoms with Gasteiger partial charge in [-0.2, -0.15) is 0 Å². The molecule has 0 saturated heterocycles. The lowest BCUT2D eigenvalue weighted by atomic mass is 10.0. The standard InChI is InChI=1S/C18H26N2O2Si.ClH/c1-23(2,3)12-11-22-18(21)20-9-7-16(8-10-20)17-6-4-5-15(13-17)14-19;/h4-9,13H,10-12,14,19H2,1-3H3;1H. The second kappa shape index (κ2) is 9.06.